The second-order valence-corrected chi connectivity index (χ2v) is 14.1. The molecule has 0 spiro atoms. The summed E-state index contributed by atoms with van der Waals surface area (Å²) >= 11 is 8.27. The van der Waals surface area contributed by atoms with Crippen molar-refractivity contribution in [2.24, 2.45) is 5.92 Å². The van der Waals surface area contributed by atoms with E-state index in [0.29, 0.717) is 58.8 Å². The predicted molar refractivity (Wildman–Crippen MR) is 145 cm³/mol. The second kappa shape index (κ2) is 11.6. The van der Waals surface area contributed by atoms with Crippen molar-refractivity contribution in [3.63, 3.8) is 0 Å². The maximum absolute atomic E-state index is 13.9. The van der Waals surface area contributed by atoms with E-state index in [1.165, 1.54) is 33.8 Å². The van der Waals surface area contributed by atoms with Crippen LogP contribution in [0.3, 0.4) is 0 Å². The molecule has 2 aromatic heterocycles. The van der Waals surface area contributed by atoms with Gasteiger partial charge in [-0.05, 0) is 49.6 Å². The van der Waals surface area contributed by atoms with Gasteiger partial charge in [0.1, 0.15) is 10.0 Å². The van der Waals surface area contributed by atoms with E-state index in [2.05, 4.69) is 9.88 Å². The summed E-state index contributed by atoms with van der Waals surface area (Å²) in [6, 6.07) is 7.47. The first-order chi connectivity index (χ1) is 17.8. The van der Waals surface area contributed by atoms with E-state index in [0.717, 1.165) is 37.4 Å². The number of hydrogen-bond donors (Lipinski definition) is 0. The Morgan fingerprint density at radius 3 is 2.76 bits per heavy atom. The third kappa shape index (κ3) is 6.16. The number of anilines is 1. The van der Waals surface area contributed by atoms with Gasteiger partial charge < -0.3 is 4.74 Å². The molecule has 37 heavy (non-hydrogen) atoms. The maximum Gasteiger partial charge on any atom is 0.252 e. The SMILES string of the molecule is O=C(C1CCCN(S(=O)(=O)c2ccc(Cl)s2)C1)N(CCCN1CCOCC1)c1nc2ccc(F)cc2s1. The van der Waals surface area contributed by atoms with Gasteiger partial charge in [0.25, 0.3) is 10.0 Å². The minimum absolute atomic E-state index is 0.107. The number of benzene rings is 1. The first-order valence-corrected chi connectivity index (χ1v) is 15.7. The highest BCUT2D eigenvalue weighted by molar-refractivity contribution is 7.91. The summed E-state index contributed by atoms with van der Waals surface area (Å²) in [5.41, 5.74) is 0.634. The van der Waals surface area contributed by atoms with E-state index >= 15 is 0 Å². The lowest BCUT2D eigenvalue weighted by molar-refractivity contribution is -0.123. The molecule has 3 aromatic rings. The van der Waals surface area contributed by atoms with Crippen molar-refractivity contribution in [1.29, 1.82) is 0 Å². The predicted octanol–water partition coefficient (Wildman–Crippen LogP) is 4.31. The number of fused-ring (bicyclic) bond motifs is 1. The fourth-order valence-electron chi connectivity index (χ4n) is 4.73. The van der Waals surface area contributed by atoms with Crippen LogP contribution >= 0.6 is 34.3 Å². The molecule has 0 saturated carbocycles. The number of sulfonamides is 1. The van der Waals surface area contributed by atoms with Gasteiger partial charge in [0, 0.05) is 39.3 Å². The lowest BCUT2D eigenvalue weighted by atomic mass is 9.98. The number of piperidine rings is 1. The van der Waals surface area contributed by atoms with Crippen molar-refractivity contribution in [3.05, 3.63) is 40.5 Å². The lowest BCUT2D eigenvalue weighted by Gasteiger charge is -2.34. The average Bonchev–Trinajstić information content (AvgIpc) is 3.53. The van der Waals surface area contributed by atoms with Gasteiger partial charge in [-0.1, -0.05) is 22.9 Å². The second-order valence-electron chi connectivity index (χ2n) is 9.17. The highest BCUT2D eigenvalue weighted by Gasteiger charge is 2.36. The zero-order chi connectivity index (χ0) is 26.0. The van der Waals surface area contributed by atoms with Gasteiger partial charge in [-0.25, -0.2) is 17.8 Å². The smallest absolute Gasteiger partial charge is 0.252 e. The molecule has 13 heteroatoms. The summed E-state index contributed by atoms with van der Waals surface area (Å²) in [5.74, 6) is -0.994. The first-order valence-electron chi connectivity index (χ1n) is 12.2. The van der Waals surface area contributed by atoms with Crippen LogP contribution in [-0.4, -0.2) is 81.0 Å². The third-order valence-electron chi connectivity index (χ3n) is 6.67. The van der Waals surface area contributed by atoms with Gasteiger partial charge >= 0.3 is 0 Å². The van der Waals surface area contributed by atoms with Crippen LogP contribution in [0.25, 0.3) is 10.2 Å². The molecule has 1 atom stereocenters. The summed E-state index contributed by atoms with van der Waals surface area (Å²) in [5, 5.41) is 0.512. The molecule has 0 bridgehead atoms. The normalized spacial score (nSPS) is 19.9. The van der Waals surface area contributed by atoms with E-state index in [4.69, 9.17) is 16.3 Å². The Kier molecular flexibility index (Phi) is 8.44. The van der Waals surface area contributed by atoms with E-state index in [9.17, 15) is 17.6 Å². The summed E-state index contributed by atoms with van der Waals surface area (Å²) in [4.78, 5) is 22.5. The molecule has 2 aliphatic heterocycles. The molecule has 0 N–H and O–H groups in total. The Hall–Kier alpha value is -1.67. The highest BCUT2D eigenvalue weighted by atomic mass is 35.5. The molecule has 1 aromatic carbocycles. The number of thiazole rings is 1. The fraction of sp³-hybridized carbons (Fsp3) is 0.500. The summed E-state index contributed by atoms with van der Waals surface area (Å²) in [6.45, 7) is 4.85. The molecular weight excluding hydrogens is 559 g/mol. The standard InChI is InChI=1S/C24H28ClFN4O4S3/c25-21-6-7-22(36-21)37(32,33)29-9-1-3-17(16-29)23(31)30(10-2-8-28-11-13-34-14-12-28)24-27-19-5-4-18(26)15-20(19)35-24/h4-7,15,17H,1-3,8-14,16H2. The Morgan fingerprint density at radius 1 is 1.19 bits per heavy atom. The van der Waals surface area contributed by atoms with Crippen LogP contribution in [0.15, 0.2) is 34.5 Å². The number of thiophene rings is 1. The number of carbonyl (C=O) groups excluding carboxylic acids is 1. The van der Waals surface area contributed by atoms with Crippen LogP contribution in [0.1, 0.15) is 19.3 Å². The Labute approximate surface area is 228 Å². The largest absolute Gasteiger partial charge is 0.379 e. The first kappa shape index (κ1) is 26.9. The van der Waals surface area contributed by atoms with Crippen LogP contribution in [0, 0.1) is 11.7 Å². The van der Waals surface area contributed by atoms with Crippen molar-refractivity contribution >= 4 is 65.6 Å². The number of aromatic nitrogens is 1. The van der Waals surface area contributed by atoms with Crippen LogP contribution in [0.2, 0.25) is 4.34 Å². The van der Waals surface area contributed by atoms with Crippen LogP contribution < -0.4 is 4.90 Å². The molecule has 1 unspecified atom stereocenters. The van der Waals surface area contributed by atoms with E-state index < -0.39 is 15.9 Å². The third-order valence-corrected chi connectivity index (χ3v) is 11.3. The average molecular weight is 587 g/mol. The van der Waals surface area contributed by atoms with E-state index in [1.54, 1.807) is 17.0 Å². The number of hydrogen-bond acceptors (Lipinski definition) is 8. The monoisotopic (exact) mass is 586 g/mol. The number of amides is 1. The van der Waals surface area contributed by atoms with E-state index in [1.807, 2.05) is 0 Å². The van der Waals surface area contributed by atoms with Gasteiger partial charge in [-0.15, -0.1) is 11.3 Å². The molecule has 0 aliphatic carbocycles. The number of carbonyl (C=O) groups is 1. The van der Waals surface area contributed by atoms with Crippen LogP contribution in [0.5, 0.6) is 0 Å². The summed E-state index contributed by atoms with van der Waals surface area (Å²) < 4.78 is 48.3. The molecular formula is C24H28ClFN4O4S3. The Bertz CT molecular complexity index is 1360. The van der Waals surface area contributed by atoms with Gasteiger partial charge in [-0.2, -0.15) is 4.31 Å². The molecule has 2 saturated heterocycles. The van der Waals surface area contributed by atoms with Crippen LogP contribution in [0.4, 0.5) is 9.52 Å². The van der Waals surface area contributed by atoms with Crippen molar-refractivity contribution in [3.8, 4) is 0 Å². The number of ether oxygens (including phenoxy) is 1. The fourth-order valence-corrected chi connectivity index (χ4v) is 8.91. The van der Waals surface area contributed by atoms with Gasteiger partial charge in [0.2, 0.25) is 5.91 Å². The van der Waals surface area contributed by atoms with Gasteiger partial charge in [-0.3, -0.25) is 14.6 Å². The zero-order valence-corrected chi connectivity index (χ0v) is 23.4. The topological polar surface area (TPSA) is 83.1 Å². The van der Waals surface area contributed by atoms with Gasteiger partial charge in [0.05, 0.1) is 33.7 Å². The van der Waals surface area contributed by atoms with Crippen molar-refractivity contribution in [2.45, 2.75) is 23.5 Å². The molecule has 1 amide bonds. The van der Waals surface area contributed by atoms with Crippen molar-refractivity contribution in [1.82, 2.24) is 14.2 Å². The molecule has 200 valence electrons. The Morgan fingerprint density at radius 2 is 2.00 bits per heavy atom. The van der Waals surface area contributed by atoms with Gasteiger partial charge in [0.15, 0.2) is 5.13 Å². The lowest BCUT2D eigenvalue weighted by Crippen LogP contribution is -2.47. The zero-order valence-electron chi connectivity index (χ0n) is 20.1. The molecule has 2 aliphatic rings. The molecule has 5 rings (SSSR count). The van der Waals surface area contributed by atoms with Crippen molar-refractivity contribution < 1.29 is 22.3 Å². The minimum atomic E-state index is -3.73. The number of rotatable bonds is 8. The number of halogens is 2. The highest BCUT2D eigenvalue weighted by Crippen LogP contribution is 2.34. The minimum Gasteiger partial charge on any atom is -0.379 e. The summed E-state index contributed by atoms with van der Waals surface area (Å²) in [7, 11) is -3.73. The Balaban J connectivity index is 1.35. The number of morpholine rings is 1. The van der Waals surface area contributed by atoms with Crippen molar-refractivity contribution in [2.75, 3.05) is 57.4 Å². The van der Waals surface area contributed by atoms with E-state index in [-0.39, 0.29) is 22.5 Å². The summed E-state index contributed by atoms with van der Waals surface area (Å²) in [6.07, 6.45) is 1.91. The molecule has 2 fully saturated rings. The van der Waals surface area contributed by atoms with Crippen LogP contribution in [-0.2, 0) is 19.6 Å². The molecule has 8 nitrogen and oxygen atoms in total. The molecule has 0 radical (unpaired) electrons. The number of nitrogens with zero attached hydrogens (tertiary/aromatic N) is 4. The maximum atomic E-state index is 13.9. The molecule has 4 heterocycles. The quantitative estimate of drug-likeness (QED) is 0.391.